The van der Waals surface area contributed by atoms with E-state index in [1.165, 1.54) is 6.33 Å². The first-order valence-electron chi connectivity index (χ1n) is 8.50. The number of nitrogens with zero attached hydrogens (tertiary/aromatic N) is 5. The van der Waals surface area contributed by atoms with Crippen molar-refractivity contribution < 1.29 is 0 Å². The number of imidazole rings is 1. The lowest BCUT2D eigenvalue weighted by Gasteiger charge is -2.18. The lowest BCUT2D eigenvalue weighted by atomic mass is 10.0. The molecule has 0 saturated carbocycles. The van der Waals surface area contributed by atoms with Crippen LogP contribution in [0.25, 0.3) is 32.8 Å². The third kappa shape index (κ3) is 2.80. The molecule has 2 N–H and O–H groups in total. The van der Waals surface area contributed by atoms with Crippen molar-refractivity contribution in [2.24, 2.45) is 0 Å². The molecule has 5 rings (SSSR count). The van der Waals surface area contributed by atoms with Crippen molar-refractivity contribution in [3.63, 3.8) is 0 Å². The molecular formula is C19H15N7S. The van der Waals surface area contributed by atoms with Crippen LogP contribution in [0.5, 0.6) is 0 Å². The van der Waals surface area contributed by atoms with Crippen LogP contribution in [0.2, 0.25) is 0 Å². The van der Waals surface area contributed by atoms with Gasteiger partial charge in [0.2, 0.25) is 0 Å². The molecule has 8 heteroatoms. The van der Waals surface area contributed by atoms with Crippen LogP contribution < -0.4 is 5.32 Å². The number of thiophene rings is 1. The Morgan fingerprint density at radius 2 is 2.07 bits per heavy atom. The van der Waals surface area contributed by atoms with Crippen LogP contribution in [0.1, 0.15) is 18.5 Å². The minimum absolute atomic E-state index is 0.0415. The van der Waals surface area contributed by atoms with Gasteiger partial charge in [-0.2, -0.15) is 0 Å². The van der Waals surface area contributed by atoms with Gasteiger partial charge in [-0.25, -0.2) is 19.9 Å². The van der Waals surface area contributed by atoms with Gasteiger partial charge in [0.15, 0.2) is 11.5 Å². The van der Waals surface area contributed by atoms with Crippen molar-refractivity contribution in [3.8, 4) is 11.4 Å². The van der Waals surface area contributed by atoms with Gasteiger partial charge in [-0.1, -0.05) is 6.07 Å². The van der Waals surface area contributed by atoms with E-state index in [2.05, 4.69) is 54.7 Å². The fourth-order valence-corrected chi connectivity index (χ4v) is 3.86. The highest BCUT2D eigenvalue weighted by Gasteiger charge is 2.18. The molecule has 5 aromatic heterocycles. The number of pyridine rings is 2. The number of aromatic nitrogens is 6. The first-order valence-corrected chi connectivity index (χ1v) is 9.38. The number of rotatable bonds is 4. The van der Waals surface area contributed by atoms with Gasteiger partial charge in [0.25, 0.3) is 0 Å². The average molecular weight is 373 g/mol. The van der Waals surface area contributed by atoms with Crippen LogP contribution in [-0.4, -0.2) is 29.9 Å². The van der Waals surface area contributed by atoms with E-state index in [0.29, 0.717) is 11.5 Å². The molecule has 0 aliphatic rings. The average Bonchev–Trinajstić information content (AvgIpc) is 3.37. The maximum Gasteiger partial charge on any atom is 0.182 e. The summed E-state index contributed by atoms with van der Waals surface area (Å²) in [5.74, 6) is 0.711. The number of anilines is 1. The molecule has 27 heavy (non-hydrogen) atoms. The third-order valence-electron chi connectivity index (χ3n) is 4.42. The molecule has 0 bridgehead atoms. The summed E-state index contributed by atoms with van der Waals surface area (Å²) >= 11 is 1.63. The second kappa shape index (κ2) is 6.40. The van der Waals surface area contributed by atoms with Crippen LogP contribution in [0.15, 0.2) is 54.6 Å². The summed E-state index contributed by atoms with van der Waals surface area (Å²) in [6, 6.07) is 10.1. The van der Waals surface area contributed by atoms with Crippen LogP contribution in [0.4, 0.5) is 5.82 Å². The van der Waals surface area contributed by atoms with E-state index in [1.807, 2.05) is 18.2 Å². The summed E-state index contributed by atoms with van der Waals surface area (Å²) in [5.41, 5.74) is 4.21. The lowest BCUT2D eigenvalue weighted by molar-refractivity contribution is 0.872. The van der Waals surface area contributed by atoms with E-state index in [-0.39, 0.29) is 6.04 Å². The summed E-state index contributed by atoms with van der Waals surface area (Å²) in [6.45, 7) is 2.09. The molecule has 0 amide bonds. The molecule has 0 spiro atoms. The Bertz CT molecular complexity index is 1230. The molecule has 132 valence electrons. The van der Waals surface area contributed by atoms with Gasteiger partial charge in [-0.05, 0) is 36.6 Å². The fraction of sp³-hybridized carbons (Fsp3) is 0.105. The van der Waals surface area contributed by atoms with E-state index in [1.54, 1.807) is 23.9 Å². The number of fused-ring (bicyclic) bond motifs is 2. The van der Waals surface area contributed by atoms with Crippen molar-refractivity contribution in [1.82, 2.24) is 29.9 Å². The monoisotopic (exact) mass is 373 g/mol. The molecule has 0 aromatic carbocycles. The van der Waals surface area contributed by atoms with Crippen molar-refractivity contribution in [2.75, 3.05) is 5.32 Å². The molecule has 1 atom stereocenters. The first kappa shape index (κ1) is 15.8. The Kier molecular flexibility index (Phi) is 3.75. The van der Waals surface area contributed by atoms with Crippen molar-refractivity contribution in [1.29, 1.82) is 0 Å². The maximum absolute atomic E-state index is 4.88. The fourth-order valence-electron chi connectivity index (χ4n) is 3.11. The zero-order valence-corrected chi connectivity index (χ0v) is 15.2. The molecule has 5 aromatic rings. The second-order valence-electron chi connectivity index (χ2n) is 6.15. The standard InChI is InChI=1S/C19H15N7S/c1-11(25-18-16-17(22-9-21-16)23-10-24-18)13-8-12-5-7-27-19(12)26-15(13)14-4-2-3-6-20-14/h2-11H,1H3,(H2,21,22,23,24,25)/t11-/m1/s1. The summed E-state index contributed by atoms with van der Waals surface area (Å²) in [4.78, 5) is 26.2. The van der Waals surface area contributed by atoms with Crippen LogP contribution in [0, 0.1) is 0 Å². The molecule has 0 aliphatic heterocycles. The van der Waals surface area contributed by atoms with Gasteiger partial charge < -0.3 is 10.3 Å². The van der Waals surface area contributed by atoms with Crippen LogP contribution >= 0.6 is 11.3 Å². The molecule has 0 fully saturated rings. The van der Waals surface area contributed by atoms with Gasteiger partial charge >= 0.3 is 0 Å². The van der Waals surface area contributed by atoms with Gasteiger partial charge in [-0.15, -0.1) is 11.3 Å². The molecule has 5 heterocycles. The number of hydrogen-bond acceptors (Lipinski definition) is 7. The second-order valence-corrected chi connectivity index (χ2v) is 7.04. The predicted octanol–water partition coefficient (Wildman–Crippen LogP) is 4.20. The largest absolute Gasteiger partial charge is 0.362 e. The lowest BCUT2D eigenvalue weighted by Crippen LogP contribution is -2.11. The minimum Gasteiger partial charge on any atom is -0.362 e. The minimum atomic E-state index is -0.0415. The SMILES string of the molecule is C[C@@H](Nc1ncnc2nc[nH]c12)c1cc2ccsc2nc1-c1ccccn1. The van der Waals surface area contributed by atoms with Gasteiger partial charge in [0.1, 0.15) is 16.7 Å². The Hall–Kier alpha value is -3.39. The summed E-state index contributed by atoms with van der Waals surface area (Å²) in [7, 11) is 0. The van der Waals surface area contributed by atoms with Crippen molar-refractivity contribution in [3.05, 3.63) is 60.1 Å². The van der Waals surface area contributed by atoms with Crippen LogP contribution in [-0.2, 0) is 0 Å². The van der Waals surface area contributed by atoms with E-state index in [9.17, 15) is 0 Å². The third-order valence-corrected chi connectivity index (χ3v) is 5.24. The first-order chi connectivity index (χ1) is 13.3. The van der Waals surface area contributed by atoms with Crippen LogP contribution in [0.3, 0.4) is 0 Å². The number of H-pyrrole nitrogens is 1. The molecule has 0 saturated heterocycles. The van der Waals surface area contributed by atoms with Crippen molar-refractivity contribution in [2.45, 2.75) is 13.0 Å². The highest BCUT2D eigenvalue weighted by molar-refractivity contribution is 7.16. The van der Waals surface area contributed by atoms with Gasteiger partial charge in [0.05, 0.1) is 23.8 Å². The zero-order chi connectivity index (χ0) is 18.2. The van der Waals surface area contributed by atoms with E-state index in [0.717, 1.165) is 32.7 Å². The number of hydrogen-bond donors (Lipinski definition) is 2. The Morgan fingerprint density at radius 3 is 2.96 bits per heavy atom. The molecule has 0 radical (unpaired) electrons. The molecule has 0 unspecified atom stereocenters. The topological polar surface area (TPSA) is 92.3 Å². The highest BCUT2D eigenvalue weighted by atomic mass is 32.1. The molecular weight excluding hydrogens is 358 g/mol. The Balaban J connectivity index is 1.61. The smallest absolute Gasteiger partial charge is 0.182 e. The Morgan fingerprint density at radius 1 is 1.11 bits per heavy atom. The normalized spacial score (nSPS) is 12.5. The highest BCUT2D eigenvalue weighted by Crippen LogP contribution is 2.32. The van der Waals surface area contributed by atoms with Crippen molar-refractivity contribution >= 4 is 38.5 Å². The predicted molar refractivity (Wildman–Crippen MR) is 107 cm³/mol. The van der Waals surface area contributed by atoms with Gasteiger partial charge in [-0.3, -0.25) is 4.98 Å². The molecule has 0 aliphatic carbocycles. The summed E-state index contributed by atoms with van der Waals surface area (Å²) < 4.78 is 0. The summed E-state index contributed by atoms with van der Waals surface area (Å²) in [5, 5.41) is 6.65. The van der Waals surface area contributed by atoms with E-state index >= 15 is 0 Å². The van der Waals surface area contributed by atoms with E-state index in [4.69, 9.17) is 4.98 Å². The maximum atomic E-state index is 4.88. The van der Waals surface area contributed by atoms with E-state index < -0.39 is 0 Å². The number of aromatic amines is 1. The zero-order valence-electron chi connectivity index (χ0n) is 14.4. The quantitative estimate of drug-likeness (QED) is 0.490. The molecule has 7 nitrogen and oxygen atoms in total. The van der Waals surface area contributed by atoms with Gasteiger partial charge in [0, 0.05) is 17.1 Å². The summed E-state index contributed by atoms with van der Waals surface area (Å²) in [6.07, 6.45) is 4.92. The number of nitrogens with one attached hydrogen (secondary N) is 2. The Labute approximate surface area is 158 Å².